The first kappa shape index (κ1) is 23.3. The van der Waals surface area contributed by atoms with E-state index < -0.39 is 17.5 Å². The molecule has 182 valence electrons. The van der Waals surface area contributed by atoms with Crippen molar-refractivity contribution < 1.29 is 28.2 Å². The van der Waals surface area contributed by atoms with Crippen LogP contribution in [0.3, 0.4) is 0 Å². The summed E-state index contributed by atoms with van der Waals surface area (Å²) in [7, 11) is 4.28. The Balaban J connectivity index is 1.71. The molecule has 3 aromatic carbocycles. The zero-order valence-electron chi connectivity index (χ0n) is 19.6. The van der Waals surface area contributed by atoms with Gasteiger partial charge in [-0.1, -0.05) is 41.7 Å². The highest BCUT2D eigenvalue weighted by Crippen LogP contribution is 2.33. The van der Waals surface area contributed by atoms with Crippen molar-refractivity contribution >= 4 is 55.2 Å². The van der Waals surface area contributed by atoms with Gasteiger partial charge in [0.25, 0.3) is 5.91 Å². The monoisotopic (exact) mass is 504 g/mol. The van der Waals surface area contributed by atoms with Gasteiger partial charge in [0, 0.05) is 17.5 Å². The van der Waals surface area contributed by atoms with Gasteiger partial charge in [0.15, 0.2) is 16.3 Å². The molecule has 2 aromatic heterocycles. The Labute approximate surface area is 207 Å². The van der Waals surface area contributed by atoms with Crippen LogP contribution in [0.25, 0.3) is 32.0 Å². The van der Waals surface area contributed by atoms with E-state index in [4.69, 9.17) is 18.6 Å². The molecule has 10 heteroatoms. The van der Waals surface area contributed by atoms with Gasteiger partial charge in [-0.05, 0) is 22.9 Å². The second-order valence-electron chi connectivity index (χ2n) is 7.78. The Hall–Kier alpha value is -4.44. The second-order valence-corrected chi connectivity index (χ2v) is 8.79. The summed E-state index contributed by atoms with van der Waals surface area (Å²) in [6.45, 7) is -0.199. The van der Waals surface area contributed by atoms with Crippen LogP contribution in [0.4, 0.5) is 0 Å². The molecule has 2 heterocycles. The lowest BCUT2D eigenvalue weighted by atomic mass is 10.0. The molecule has 9 nitrogen and oxygen atoms in total. The number of amides is 1. The van der Waals surface area contributed by atoms with Crippen molar-refractivity contribution in [3.63, 3.8) is 0 Å². The Kier molecular flexibility index (Phi) is 6.03. The molecule has 5 aromatic rings. The van der Waals surface area contributed by atoms with Crippen molar-refractivity contribution in [3.05, 3.63) is 75.4 Å². The largest absolute Gasteiger partial charge is 0.493 e. The first-order valence-electron chi connectivity index (χ1n) is 10.8. The number of hydrogen-bond acceptors (Lipinski definition) is 8. The molecule has 0 saturated carbocycles. The molecule has 0 radical (unpaired) electrons. The maximum atomic E-state index is 13.2. The molecule has 0 aliphatic rings. The van der Waals surface area contributed by atoms with Gasteiger partial charge in [0.2, 0.25) is 0 Å². The van der Waals surface area contributed by atoms with Crippen molar-refractivity contribution in [3.8, 4) is 11.5 Å². The Morgan fingerprint density at radius 1 is 0.972 bits per heavy atom. The SMILES string of the molecule is COC(=O)Cn1c(=NC(=O)c2cc3c(ccc4ccccc43)oc2=O)sc2cc(OC)c(OC)cc21. The zero-order valence-corrected chi connectivity index (χ0v) is 20.4. The molecule has 0 atom stereocenters. The first-order chi connectivity index (χ1) is 17.4. The van der Waals surface area contributed by atoms with Crippen LogP contribution in [0.1, 0.15) is 10.4 Å². The van der Waals surface area contributed by atoms with E-state index >= 15 is 0 Å². The summed E-state index contributed by atoms with van der Waals surface area (Å²) in [5.74, 6) is -0.393. The minimum Gasteiger partial charge on any atom is -0.493 e. The fourth-order valence-electron chi connectivity index (χ4n) is 4.00. The highest BCUT2D eigenvalue weighted by atomic mass is 32.1. The third kappa shape index (κ3) is 4.01. The van der Waals surface area contributed by atoms with Crippen LogP contribution in [-0.2, 0) is 16.1 Å². The molecule has 0 fully saturated rings. The summed E-state index contributed by atoms with van der Waals surface area (Å²) in [5, 5.41) is 2.41. The van der Waals surface area contributed by atoms with Gasteiger partial charge in [-0.25, -0.2) is 4.79 Å². The molecule has 0 aliphatic carbocycles. The van der Waals surface area contributed by atoms with Gasteiger partial charge in [0.1, 0.15) is 17.7 Å². The molecule has 0 bridgehead atoms. The van der Waals surface area contributed by atoms with E-state index in [1.54, 1.807) is 18.2 Å². The van der Waals surface area contributed by atoms with Gasteiger partial charge >= 0.3 is 11.6 Å². The molecule has 0 saturated heterocycles. The lowest BCUT2D eigenvalue weighted by Gasteiger charge is -2.09. The summed E-state index contributed by atoms with van der Waals surface area (Å²) in [6, 6.07) is 16.1. The van der Waals surface area contributed by atoms with Crippen LogP contribution in [-0.4, -0.2) is 37.8 Å². The fourth-order valence-corrected chi connectivity index (χ4v) is 5.03. The van der Waals surface area contributed by atoms with E-state index in [0.717, 1.165) is 22.1 Å². The van der Waals surface area contributed by atoms with E-state index in [0.29, 0.717) is 32.7 Å². The number of thiazole rings is 1. The molecule has 1 amide bonds. The predicted octanol–water partition coefficient (Wildman–Crippen LogP) is 3.89. The quantitative estimate of drug-likeness (QED) is 0.203. The lowest BCUT2D eigenvalue weighted by Crippen LogP contribution is -2.23. The van der Waals surface area contributed by atoms with E-state index in [9.17, 15) is 14.4 Å². The minimum atomic E-state index is -0.796. The van der Waals surface area contributed by atoms with Crippen molar-refractivity contribution in [2.45, 2.75) is 6.54 Å². The van der Waals surface area contributed by atoms with Gasteiger partial charge in [-0.2, -0.15) is 4.99 Å². The highest BCUT2D eigenvalue weighted by molar-refractivity contribution is 7.16. The molecule has 0 spiro atoms. The van der Waals surface area contributed by atoms with Gasteiger partial charge in [-0.15, -0.1) is 0 Å². The van der Waals surface area contributed by atoms with Gasteiger partial charge in [0.05, 0.1) is 31.5 Å². The number of fused-ring (bicyclic) bond motifs is 4. The standard InChI is InChI=1S/C26H20N2O7S/c1-32-20-11-18-22(12-21(20)33-2)36-26(28(18)13-23(29)34-3)27-24(30)17-10-16-15-7-5-4-6-14(15)8-9-19(16)35-25(17)31/h4-12H,13H2,1-3H3. The number of rotatable bonds is 5. The third-order valence-corrected chi connectivity index (χ3v) is 6.81. The number of benzene rings is 3. The Morgan fingerprint density at radius 3 is 2.47 bits per heavy atom. The third-order valence-electron chi connectivity index (χ3n) is 5.77. The maximum absolute atomic E-state index is 13.2. The van der Waals surface area contributed by atoms with Crippen molar-refractivity contribution in [1.29, 1.82) is 0 Å². The summed E-state index contributed by atoms with van der Waals surface area (Å²) >= 11 is 1.16. The maximum Gasteiger partial charge on any atom is 0.349 e. The fraction of sp³-hybridized carbons (Fsp3) is 0.154. The molecule has 5 rings (SSSR count). The average Bonchev–Trinajstić information content (AvgIpc) is 3.22. The molecule has 0 aliphatic heterocycles. The number of nitrogens with zero attached hydrogens (tertiary/aromatic N) is 2. The zero-order chi connectivity index (χ0) is 25.4. The van der Waals surface area contributed by atoms with Gasteiger partial charge in [-0.3, -0.25) is 9.59 Å². The van der Waals surface area contributed by atoms with E-state index in [1.807, 2.05) is 30.3 Å². The second kappa shape index (κ2) is 9.31. The Bertz CT molecular complexity index is 1800. The summed E-state index contributed by atoms with van der Waals surface area (Å²) in [4.78, 5) is 42.5. The van der Waals surface area contributed by atoms with Crippen molar-refractivity contribution in [1.82, 2.24) is 4.57 Å². The average molecular weight is 505 g/mol. The van der Waals surface area contributed by atoms with Crippen LogP contribution >= 0.6 is 11.3 Å². The molecular weight excluding hydrogens is 484 g/mol. The van der Waals surface area contributed by atoms with Crippen molar-refractivity contribution in [2.75, 3.05) is 21.3 Å². The molecule has 0 N–H and O–H groups in total. The highest BCUT2D eigenvalue weighted by Gasteiger charge is 2.18. The van der Waals surface area contributed by atoms with Crippen LogP contribution in [0.5, 0.6) is 11.5 Å². The van der Waals surface area contributed by atoms with Crippen LogP contribution < -0.4 is 19.9 Å². The lowest BCUT2D eigenvalue weighted by molar-refractivity contribution is -0.141. The Morgan fingerprint density at radius 2 is 1.72 bits per heavy atom. The topological polar surface area (TPSA) is 109 Å². The summed E-state index contributed by atoms with van der Waals surface area (Å²) in [5.41, 5.74) is -0.0465. The van der Waals surface area contributed by atoms with E-state index in [2.05, 4.69) is 4.99 Å². The van der Waals surface area contributed by atoms with E-state index in [1.165, 1.54) is 32.0 Å². The van der Waals surface area contributed by atoms with Crippen molar-refractivity contribution in [2.24, 2.45) is 4.99 Å². The van der Waals surface area contributed by atoms with Crippen LogP contribution in [0.2, 0.25) is 0 Å². The molecule has 36 heavy (non-hydrogen) atoms. The van der Waals surface area contributed by atoms with Crippen LogP contribution in [0.15, 0.2) is 68.8 Å². The number of methoxy groups -OCH3 is 3. The van der Waals surface area contributed by atoms with E-state index in [-0.39, 0.29) is 16.9 Å². The number of ether oxygens (including phenoxy) is 3. The number of aromatic nitrogens is 1. The van der Waals surface area contributed by atoms with Gasteiger partial charge < -0.3 is 23.2 Å². The summed E-state index contributed by atoms with van der Waals surface area (Å²) in [6.07, 6.45) is 0. The van der Waals surface area contributed by atoms with Crippen LogP contribution in [0, 0.1) is 0 Å². The normalized spacial score (nSPS) is 11.8. The molecule has 0 unspecified atom stereocenters. The number of carbonyl (C=O) groups is 2. The number of carbonyl (C=O) groups excluding carboxylic acids is 2. The smallest absolute Gasteiger partial charge is 0.349 e. The first-order valence-corrected chi connectivity index (χ1v) is 11.6. The minimum absolute atomic E-state index is 0.199. The predicted molar refractivity (Wildman–Crippen MR) is 135 cm³/mol. The number of hydrogen-bond donors (Lipinski definition) is 0. The summed E-state index contributed by atoms with van der Waals surface area (Å²) < 4.78 is 23.2. The number of esters is 1. The molecular formula is C26H20N2O7S.